The Kier molecular flexibility index (Phi) is 3.79. The predicted molar refractivity (Wildman–Crippen MR) is 108 cm³/mol. The minimum atomic E-state index is -0.908. The second-order valence-electron chi connectivity index (χ2n) is 7.71. The first-order valence-corrected chi connectivity index (χ1v) is 10.0. The number of halogens is 1. The molecule has 1 aliphatic heterocycles. The van der Waals surface area contributed by atoms with E-state index in [0.29, 0.717) is 12.1 Å². The van der Waals surface area contributed by atoms with Gasteiger partial charge in [0.15, 0.2) is 0 Å². The van der Waals surface area contributed by atoms with E-state index in [4.69, 9.17) is 4.98 Å². The van der Waals surface area contributed by atoms with Crippen molar-refractivity contribution >= 4 is 38.6 Å². The predicted octanol–water partition coefficient (Wildman–Crippen LogP) is 4.31. The SMILES string of the molecule is Cc1nc(N2CC3CC3C2)ccc1Cn1cc(C(=O)O)c2cc(Br)ccc21. The van der Waals surface area contributed by atoms with Gasteiger partial charge in [-0.2, -0.15) is 0 Å². The van der Waals surface area contributed by atoms with Gasteiger partial charge in [0.25, 0.3) is 0 Å². The highest BCUT2D eigenvalue weighted by Gasteiger charge is 2.45. The average Bonchev–Trinajstić information content (AvgIpc) is 3.08. The monoisotopic (exact) mass is 425 g/mol. The van der Waals surface area contributed by atoms with Crippen molar-refractivity contribution in [3.05, 3.63) is 57.8 Å². The number of carboxylic acids is 1. The third-order valence-corrected chi connectivity index (χ3v) is 6.39. The third-order valence-electron chi connectivity index (χ3n) is 5.90. The molecule has 2 atom stereocenters. The lowest BCUT2D eigenvalue weighted by Crippen LogP contribution is -2.23. The molecule has 6 heteroatoms. The van der Waals surface area contributed by atoms with E-state index < -0.39 is 5.97 Å². The molecule has 2 aliphatic rings. The Morgan fingerprint density at radius 1 is 1.26 bits per heavy atom. The number of piperidine rings is 1. The summed E-state index contributed by atoms with van der Waals surface area (Å²) in [6.07, 6.45) is 3.11. The lowest BCUT2D eigenvalue weighted by atomic mass is 10.2. The van der Waals surface area contributed by atoms with Gasteiger partial charge in [0.1, 0.15) is 5.82 Å². The quantitative estimate of drug-likeness (QED) is 0.676. The molecule has 0 amide bonds. The zero-order valence-electron chi connectivity index (χ0n) is 15.0. The summed E-state index contributed by atoms with van der Waals surface area (Å²) in [6, 6.07) is 10.00. The maximum Gasteiger partial charge on any atom is 0.337 e. The van der Waals surface area contributed by atoms with Crippen molar-refractivity contribution < 1.29 is 9.90 Å². The number of anilines is 1. The minimum Gasteiger partial charge on any atom is -0.478 e. The summed E-state index contributed by atoms with van der Waals surface area (Å²) >= 11 is 3.43. The van der Waals surface area contributed by atoms with Gasteiger partial charge in [-0.3, -0.25) is 0 Å². The van der Waals surface area contributed by atoms with Crippen LogP contribution in [-0.2, 0) is 6.54 Å². The summed E-state index contributed by atoms with van der Waals surface area (Å²) in [7, 11) is 0. The van der Waals surface area contributed by atoms with Crippen molar-refractivity contribution in [2.45, 2.75) is 19.9 Å². The third kappa shape index (κ3) is 2.92. The van der Waals surface area contributed by atoms with E-state index >= 15 is 0 Å². The second-order valence-corrected chi connectivity index (χ2v) is 8.63. The summed E-state index contributed by atoms with van der Waals surface area (Å²) in [4.78, 5) is 18.9. The van der Waals surface area contributed by atoms with Crippen LogP contribution in [0.2, 0.25) is 0 Å². The number of aromatic carboxylic acids is 1. The molecule has 2 unspecified atom stereocenters. The van der Waals surface area contributed by atoms with Gasteiger partial charge in [0, 0.05) is 46.9 Å². The number of pyridine rings is 1. The van der Waals surface area contributed by atoms with E-state index in [1.54, 1.807) is 6.20 Å². The summed E-state index contributed by atoms with van der Waals surface area (Å²) in [6.45, 7) is 4.91. The van der Waals surface area contributed by atoms with Crippen LogP contribution in [0.3, 0.4) is 0 Å². The van der Waals surface area contributed by atoms with Crippen molar-refractivity contribution in [3.8, 4) is 0 Å². The van der Waals surface area contributed by atoms with Crippen LogP contribution >= 0.6 is 15.9 Å². The maximum absolute atomic E-state index is 11.6. The number of aryl methyl sites for hydroxylation is 1. The number of fused-ring (bicyclic) bond motifs is 2. The number of aromatic nitrogens is 2. The summed E-state index contributed by atoms with van der Waals surface area (Å²) in [5.74, 6) is 1.92. The number of carboxylic acid groups (broad SMARTS) is 1. The standard InChI is InChI=1S/C21H20BrN3O2/c1-12-13(2-5-20(23-12)25-9-14-6-15(14)10-25)8-24-11-18(21(26)27)17-7-16(22)3-4-19(17)24/h2-5,7,11,14-15H,6,8-10H2,1H3,(H,26,27). The first-order chi connectivity index (χ1) is 13.0. The molecule has 0 bridgehead atoms. The number of nitrogens with zero attached hydrogens (tertiary/aromatic N) is 3. The highest BCUT2D eigenvalue weighted by atomic mass is 79.9. The van der Waals surface area contributed by atoms with Crippen LogP contribution in [0, 0.1) is 18.8 Å². The van der Waals surface area contributed by atoms with Crippen LogP contribution in [0.4, 0.5) is 5.82 Å². The average molecular weight is 426 g/mol. The van der Waals surface area contributed by atoms with Crippen LogP contribution in [0.1, 0.15) is 28.0 Å². The van der Waals surface area contributed by atoms with Gasteiger partial charge in [-0.15, -0.1) is 0 Å². The lowest BCUT2D eigenvalue weighted by Gasteiger charge is -2.20. The van der Waals surface area contributed by atoms with Gasteiger partial charge < -0.3 is 14.6 Å². The van der Waals surface area contributed by atoms with Gasteiger partial charge in [0.05, 0.1) is 5.56 Å². The number of benzene rings is 1. The number of hydrogen-bond acceptors (Lipinski definition) is 3. The van der Waals surface area contributed by atoms with Gasteiger partial charge in [-0.1, -0.05) is 22.0 Å². The van der Waals surface area contributed by atoms with Gasteiger partial charge in [0.2, 0.25) is 0 Å². The Bertz CT molecular complexity index is 1060. The van der Waals surface area contributed by atoms with E-state index in [0.717, 1.165) is 57.4 Å². The normalized spacial score (nSPS) is 20.9. The number of carbonyl (C=O) groups is 1. The van der Waals surface area contributed by atoms with Crippen molar-refractivity contribution in [2.75, 3.05) is 18.0 Å². The Hall–Kier alpha value is -2.34. The Labute approximate surface area is 165 Å². The maximum atomic E-state index is 11.6. The van der Waals surface area contributed by atoms with Crippen LogP contribution in [0.25, 0.3) is 10.9 Å². The van der Waals surface area contributed by atoms with Gasteiger partial charge in [-0.25, -0.2) is 9.78 Å². The summed E-state index contributed by atoms with van der Waals surface area (Å²) < 4.78 is 2.88. The molecule has 1 N–H and O–H groups in total. The van der Waals surface area contributed by atoms with Gasteiger partial charge in [-0.05, 0) is 55.0 Å². The van der Waals surface area contributed by atoms with E-state index in [1.165, 1.54) is 6.42 Å². The Morgan fingerprint density at radius 3 is 2.74 bits per heavy atom. The smallest absolute Gasteiger partial charge is 0.337 e. The fourth-order valence-corrected chi connectivity index (χ4v) is 4.62. The van der Waals surface area contributed by atoms with E-state index in [9.17, 15) is 9.90 Å². The second kappa shape index (κ2) is 6.09. The van der Waals surface area contributed by atoms with Crippen molar-refractivity contribution in [1.29, 1.82) is 0 Å². The fourth-order valence-electron chi connectivity index (χ4n) is 4.26. The molecular weight excluding hydrogens is 406 g/mol. The first-order valence-electron chi connectivity index (χ1n) is 9.23. The topological polar surface area (TPSA) is 58.4 Å². The van der Waals surface area contributed by atoms with E-state index in [1.807, 2.05) is 29.7 Å². The molecular formula is C21H20BrN3O2. The molecule has 2 fully saturated rings. The highest BCUT2D eigenvalue weighted by Crippen LogP contribution is 2.46. The molecule has 27 heavy (non-hydrogen) atoms. The van der Waals surface area contributed by atoms with Gasteiger partial charge >= 0.3 is 5.97 Å². The summed E-state index contributed by atoms with van der Waals surface area (Å²) in [5.41, 5.74) is 3.35. The van der Waals surface area contributed by atoms with E-state index in [2.05, 4.69) is 33.0 Å². The fraction of sp³-hybridized carbons (Fsp3) is 0.333. The highest BCUT2D eigenvalue weighted by molar-refractivity contribution is 9.10. The Morgan fingerprint density at radius 2 is 2.04 bits per heavy atom. The zero-order valence-corrected chi connectivity index (χ0v) is 16.6. The van der Waals surface area contributed by atoms with Crippen molar-refractivity contribution in [3.63, 3.8) is 0 Å². The van der Waals surface area contributed by atoms with Crippen LogP contribution in [-0.4, -0.2) is 33.7 Å². The van der Waals surface area contributed by atoms with Crippen LogP contribution < -0.4 is 4.90 Å². The number of rotatable bonds is 4. The molecule has 0 radical (unpaired) electrons. The molecule has 1 aromatic carbocycles. The molecule has 1 saturated carbocycles. The molecule has 5 rings (SSSR count). The van der Waals surface area contributed by atoms with Crippen LogP contribution in [0.15, 0.2) is 41.0 Å². The van der Waals surface area contributed by atoms with E-state index in [-0.39, 0.29) is 0 Å². The lowest BCUT2D eigenvalue weighted by molar-refractivity contribution is 0.0699. The van der Waals surface area contributed by atoms with Crippen molar-refractivity contribution in [2.24, 2.45) is 11.8 Å². The van der Waals surface area contributed by atoms with Crippen LogP contribution in [0.5, 0.6) is 0 Å². The molecule has 1 saturated heterocycles. The first kappa shape index (κ1) is 16.8. The molecule has 0 spiro atoms. The minimum absolute atomic E-state index is 0.324. The Balaban J connectivity index is 1.47. The molecule has 138 valence electrons. The molecule has 3 heterocycles. The number of hydrogen-bond donors (Lipinski definition) is 1. The molecule has 2 aromatic heterocycles. The molecule has 5 nitrogen and oxygen atoms in total. The largest absolute Gasteiger partial charge is 0.478 e. The zero-order chi connectivity index (χ0) is 18.7. The molecule has 3 aromatic rings. The van der Waals surface area contributed by atoms with Crippen molar-refractivity contribution in [1.82, 2.24) is 9.55 Å². The molecule has 1 aliphatic carbocycles. The summed E-state index contributed by atoms with van der Waals surface area (Å²) in [5, 5.41) is 10.3.